The maximum Gasteiger partial charge on any atom is 0.256 e. The van der Waals surface area contributed by atoms with Gasteiger partial charge in [0.15, 0.2) is 11.5 Å². The number of H-pyrrole nitrogens is 1. The molecule has 0 bridgehead atoms. The van der Waals surface area contributed by atoms with E-state index in [1.807, 2.05) is 0 Å². The Morgan fingerprint density at radius 3 is 2.65 bits per heavy atom. The number of aromatic nitrogens is 1. The Labute approximate surface area is 119 Å². The summed E-state index contributed by atoms with van der Waals surface area (Å²) in [4.78, 5) is 26.9. The number of fused-ring (bicyclic) bond motifs is 1. The van der Waals surface area contributed by atoms with Crippen LogP contribution in [0.5, 0.6) is 11.5 Å². The standard InChI is InChI=1S/C13H13ClN2O4/c1-5(2)16-13(20)6-4-15-7-3-8(17)12(19)10(14)9(7)11(6)18/h3-5,17,19H,1-2H3,(H,15,18)(H,16,20). The molecule has 0 aliphatic rings. The van der Waals surface area contributed by atoms with E-state index in [-0.39, 0.29) is 27.5 Å². The van der Waals surface area contributed by atoms with Gasteiger partial charge in [0.1, 0.15) is 5.56 Å². The summed E-state index contributed by atoms with van der Waals surface area (Å²) in [5, 5.41) is 21.3. The SMILES string of the molecule is CC(C)NC(=O)c1c[nH]c2cc(O)c(O)c(Cl)c2c1=O. The Morgan fingerprint density at radius 1 is 1.40 bits per heavy atom. The van der Waals surface area contributed by atoms with Crippen LogP contribution in [0.15, 0.2) is 17.1 Å². The van der Waals surface area contributed by atoms with E-state index in [0.717, 1.165) is 0 Å². The summed E-state index contributed by atoms with van der Waals surface area (Å²) in [5.74, 6) is -1.57. The number of aromatic hydroxyl groups is 2. The Balaban J connectivity index is 2.71. The van der Waals surface area contributed by atoms with Gasteiger partial charge in [0.2, 0.25) is 5.43 Å². The largest absolute Gasteiger partial charge is 0.504 e. The fourth-order valence-electron chi connectivity index (χ4n) is 1.82. The number of hydrogen-bond acceptors (Lipinski definition) is 4. The summed E-state index contributed by atoms with van der Waals surface area (Å²) in [7, 11) is 0. The van der Waals surface area contributed by atoms with E-state index in [1.165, 1.54) is 12.3 Å². The lowest BCUT2D eigenvalue weighted by Gasteiger charge is -2.10. The van der Waals surface area contributed by atoms with Crippen LogP contribution in [0.3, 0.4) is 0 Å². The van der Waals surface area contributed by atoms with Crippen molar-refractivity contribution in [1.82, 2.24) is 10.3 Å². The smallest absolute Gasteiger partial charge is 0.256 e. The Hall–Kier alpha value is -2.21. The molecule has 2 rings (SSSR count). The highest BCUT2D eigenvalue weighted by atomic mass is 35.5. The van der Waals surface area contributed by atoms with Gasteiger partial charge in [-0.2, -0.15) is 0 Å². The van der Waals surface area contributed by atoms with Gasteiger partial charge in [-0.3, -0.25) is 9.59 Å². The van der Waals surface area contributed by atoms with Crippen molar-refractivity contribution in [2.75, 3.05) is 0 Å². The topological polar surface area (TPSA) is 102 Å². The molecule has 106 valence electrons. The number of nitrogens with one attached hydrogen (secondary N) is 2. The Bertz CT molecular complexity index is 752. The molecule has 7 heteroatoms. The van der Waals surface area contributed by atoms with Crippen molar-refractivity contribution in [3.05, 3.63) is 33.1 Å². The van der Waals surface area contributed by atoms with Gasteiger partial charge in [0, 0.05) is 18.3 Å². The van der Waals surface area contributed by atoms with Crippen molar-refractivity contribution in [3.8, 4) is 11.5 Å². The number of halogens is 1. The van der Waals surface area contributed by atoms with Gasteiger partial charge in [0.25, 0.3) is 5.91 Å². The third-order valence-corrected chi connectivity index (χ3v) is 3.10. The summed E-state index contributed by atoms with van der Waals surface area (Å²) in [5.41, 5.74) is -0.494. The van der Waals surface area contributed by atoms with Gasteiger partial charge in [-0.05, 0) is 13.8 Å². The fraction of sp³-hybridized carbons (Fsp3) is 0.231. The first-order valence-corrected chi connectivity index (χ1v) is 6.27. The van der Waals surface area contributed by atoms with Crippen LogP contribution in [0.1, 0.15) is 24.2 Å². The number of carbonyl (C=O) groups is 1. The predicted molar refractivity (Wildman–Crippen MR) is 75.5 cm³/mol. The van der Waals surface area contributed by atoms with Crippen LogP contribution in [-0.4, -0.2) is 27.1 Å². The number of amides is 1. The number of carbonyl (C=O) groups excluding carboxylic acids is 1. The van der Waals surface area contributed by atoms with Crippen LogP contribution < -0.4 is 10.7 Å². The average molecular weight is 297 g/mol. The minimum absolute atomic E-state index is 0.0432. The summed E-state index contributed by atoms with van der Waals surface area (Å²) in [6, 6.07) is 1.04. The number of phenols is 2. The van der Waals surface area contributed by atoms with Crippen LogP contribution >= 0.6 is 11.6 Å². The van der Waals surface area contributed by atoms with E-state index in [0.29, 0.717) is 0 Å². The number of phenolic OH excluding ortho intramolecular Hbond substituents is 2. The summed E-state index contributed by atoms with van der Waals surface area (Å²) in [6.07, 6.45) is 1.25. The summed E-state index contributed by atoms with van der Waals surface area (Å²) < 4.78 is 0. The molecular formula is C13H13ClN2O4. The first-order valence-electron chi connectivity index (χ1n) is 5.89. The minimum Gasteiger partial charge on any atom is -0.504 e. The van der Waals surface area contributed by atoms with E-state index >= 15 is 0 Å². The Morgan fingerprint density at radius 2 is 2.05 bits per heavy atom. The molecule has 1 amide bonds. The second-order valence-corrected chi connectivity index (χ2v) is 5.02. The van der Waals surface area contributed by atoms with Crippen molar-refractivity contribution in [2.45, 2.75) is 19.9 Å². The van der Waals surface area contributed by atoms with E-state index in [4.69, 9.17) is 11.6 Å². The number of benzene rings is 1. The van der Waals surface area contributed by atoms with E-state index < -0.39 is 22.8 Å². The van der Waals surface area contributed by atoms with Crippen LogP contribution in [-0.2, 0) is 0 Å². The third kappa shape index (κ3) is 2.30. The van der Waals surface area contributed by atoms with Gasteiger partial charge < -0.3 is 20.5 Å². The highest BCUT2D eigenvalue weighted by Gasteiger charge is 2.18. The molecular weight excluding hydrogens is 284 g/mol. The zero-order valence-electron chi connectivity index (χ0n) is 10.8. The van der Waals surface area contributed by atoms with Gasteiger partial charge in [-0.15, -0.1) is 0 Å². The maximum absolute atomic E-state index is 12.3. The molecule has 0 atom stereocenters. The molecule has 1 heterocycles. The fourth-order valence-corrected chi connectivity index (χ4v) is 2.11. The molecule has 0 spiro atoms. The van der Waals surface area contributed by atoms with Crippen molar-refractivity contribution in [1.29, 1.82) is 0 Å². The van der Waals surface area contributed by atoms with Crippen molar-refractivity contribution in [2.24, 2.45) is 0 Å². The second kappa shape index (κ2) is 5.05. The third-order valence-electron chi connectivity index (χ3n) is 2.73. The Kier molecular flexibility index (Phi) is 3.59. The molecule has 0 aliphatic carbocycles. The molecule has 20 heavy (non-hydrogen) atoms. The first-order chi connectivity index (χ1) is 9.32. The number of aromatic amines is 1. The second-order valence-electron chi connectivity index (χ2n) is 4.64. The number of rotatable bonds is 2. The lowest BCUT2D eigenvalue weighted by molar-refractivity contribution is 0.0942. The molecule has 6 nitrogen and oxygen atoms in total. The molecule has 0 saturated heterocycles. The predicted octanol–water partition coefficient (Wildman–Crippen LogP) is 1.73. The van der Waals surface area contributed by atoms with E-state index in [2.05, 4.69) is 10.3 Å². The monoisotopic (exact) mass is 296 g/mol. The van der Waals surface area contributed by atoms with E-state index in [1.54, 1.807) is 13.8 Å². The lowest BCUT2D eigenvalue weighted by Crippen LogP contribution is -2.33. The normalized spacial score (nSPS) is 11.0. The lowest BCUT2D eigenvalue weighted by atomic mass is 10.1. The maximum atomic E-state index is 12.3. The summed E-state index contributed by atoms with van der Waals surface area (Å²) >= 11 is 5.86. The molecule has 1 aromatic carbocycles. The molecule has 0 radical (unpaired) electrons. The summed E-state index contributed by atoms with van der Waals surface area (Å²) in [6.45, 7) is 3.54. The minimum atomic E-state index is -0.614. The zero-order chi connectivity index (χ0) is 15.0. The molecule has 0 aliphatic heterocycles. The molecule has 2 aromatic rings. The molecule has 0 fully saturated rings. The molecule has 0 unspecified atom stereocenters. The van der Waals surface area contributed by atoms with Gasteiger partial charge in [-0.25, -0.2) is 0 Å². The number of pyridine rings is 1. The van der Waals surface area contributed by atoms with Crippen molar-refractivity contribution >= 4 is 28.4 Å². The molecule has 1 aromatic heterocycles. The number of hydrogen-bond donors (Lipinski definition) is 4. The highest BCUT2D eigenvalue weighted by molar-refractivity contribution is 6.37. The quantitative estimate of drug-likeness (QED) is 0.634. The molecule has 4 N–H and O–H groups in total. The van der Waals surface area contributed by atoms with Gasteiger partial charge >= 0.3 is 0 Å². The van der Waals surface area contributed by atoms with Crippen molar-refractivity contribution < 1.29 is 15.0 Å². The van der Waals surface area contributed by atoms with Crippen LogP contribution in [0.2, 0.25) is 5.02 Å². The first kappa shape index (κ1) is 14.2. The van der Waals surface area contributed by atoms with Crippen LogP contribution in [0.25, 0.3) is 10.9 Å². The van der Waals surface area contributed by atoms with Crippen molar-refractivity contribution in [3.63, 3.8) is 0 Å². The van der Waals surface area contributed by atoms with Crippen LogP contribution in [0, 0.1) is 0 Å². The van der Waals surface area contributed by atoms with Gasteiger partial charge in [-0.1, -0.05) is 11.6 Å². The average Bonchev–Trinajstić information content (AvgIpc) is 2.35. The zero-order valence-corrected chi connectivity index (χ0v) is 11.6. The molecule has 0 saturated carbocycles. The van der Waals surface area contributed by atoms with Gasteiger partial charge in [0.05, 0.1) is 15.9 Å². The van der Waals surface area contributed by atoms with Crippen LogP contribution in [0.4, 0.5) is 0 Å². The van der Waals surface area contributed by atoms with E-state index in [9.17, 15) is 19.8 Å². The highest BCUT2D eigenvalue weighted by Crippen LogP contribution is 2.37.